The van der Waals surface area contributed by atoms with E-state index in [0.717, 1.165) is 5.75 Å². The predicted molar refractivity (Wildman–Crippen MR) is 71.6 cm³/mol. The largest absolute Gasteiger partial charge is 0.488 e. The molecule has 0 aliphatic heterocycles. The van der Waals surface area contributed by atoms with Gasteiger partial charge in [0.2, 0.25) is 0 Å². The zero-order valence-corrected chi connectivity index (χ0v) is 11.6. The fourth-order valence-electron chi connectivity index (χ4n) is 1.35. The highest BCUT2D eigenvalue weighted by molar-refractivity contribution is 5.55. The molecular weight excluding hydrogens is 214 g/mol. The van der Waals surface area contributed by atoms with E-state index in [0.29, 0.717) is 11.4 Å². The SMILES string of the molecule is CC(C)(C)Oc1ccc(N)c(OC(C)(C)C)c1. The standard InChI is InChI=1S/C14H23NO2/c1-13(2,3)16-10-7-8-11(15)12(9-10)17-14(4,5)6/h7-9H,15H2,1-6H3. The molecule has 0 spiro atoms. The zero-order chi connectivity index (χ0) is 13.3. The number of rotatable bonds is 2. The van der Waals surface area contributed by atoms with Crippen molar-refractivity contribution in [2.45, 2.75) is 52.7 Å². The highest BCUT2D eigenvalue weighted by Gasteiger charge is 2.16. The average Bonchev–Trinajstić information content (AvgIpc) is 2.05. The minimum Gasteiger partial charge on any atom is -0.488 e. The van der Waals surface area contributed by atoms with Crippen LogP contribution < -0.4 is 15.2 Å². The van der Waals surface area contributed by atoms with Crippen LogP contribution in [0, 0.1) is 0 Å². The van der Waals surface area contributed by atoms with Gasteiger partial charge in [0.25, 0.3) is 0 Å². The maximum Gasteiger partial charge on any atom is 0.146 e. The van der Waals surface area contributed by atoms with Gasteiger partial charge in [-0.1, -0.05) is 0 Å². The molecule has 0 heterocycles. The van der Waals surface area contributed by atoms with Crippen molar-refractivity contribution < 1.29 is 9.47 Å². The lowest BCUT2D eigenvalue weighted by atomic mass is 10.1. The Labute approximate surface area is 104 Å². The van der Waals surface area contributed by atoms with Gasteiger partial charge < -0.3 is 15.2 Å². The van der Waals surface area contributed by atoms with Crippen LogP contribution in [0.2, 0.25) is 0 Å². The number of anilines is 1. The molecule has 0 aromatic heterocycles. The molecule has 0 aliphatic rings. The molecule has 0 atom stereocenters. The molecular formula is C14H23NO2. The van der Waals surface area contributed by atoms with Crippen molar-refractivity contribution in [3.8, 4) is 11.5 Å². The third kappa shape index (κ3) is 4.98. The van der Waals surface area contributed by atoms with Gasteiger partial charge in [-0.15, -0.1) is 0 Å². The second kappa shape index (κ2) is 4.47. The van der Waals surface area contributed by atoms with Gasteiger partial charge in [0.05, 0.1) is 5.69 Å². The quantitative estimate of drug-likeness (QED) is 0.799. The second-order valence-corrected chi connectivity index (χ2v) is 6.13. The summed E-state index contributed by atoms with van der Waals surface area (Å²) in [6.07, 6.45) is 0. The first kappa shape index (κ1) is 13.7. The minimum absolute atomic E-state index is 0.227. The number of benzene rings is 1. The van der Waals surface area contributed by atoms with Gasteiger partial charge in [-0.2, -0.15) is 0 Å². The summed E-state index contributed by atoms with van der Waals surface area (Å²) < 4.78 is 11.6. The molecule has 3 heteroatoms. The molecule has 0 saturated heterocycles. The molecule has 0 radical (unpaired) electrons. The summed E-state index contributed by atoms with van der Waals surface area (Å²) in [5.74, 6) is 1.44. The Morgan fingerprint density at radius 1 is 0.882 bits per heavy atom. The molecule has 0 unspecified atom stereocenters. The maximum absolute atomic E-state index is 5.88. The molecule has 0 fully saturated rings. The Bertz CT molecular complexity index is 386. The van der Waals surface area contributed by atoms with Crippen LogP contribution in [0.15, 0.2) is 18.2 Å². The normalized spacial score (nSPS) is 12.4. The first-order chi connectivity index (χ1) is 7.57. The van der Waals surface area contributed by atoms with E-state index in [2.05, 4.69) is 0 Å². The lowest BCUT2D eigenvalue weighted by Crippen LogP contribution is -2.24. The number of hydrogen-bond donors (Lipinski definition) is 1. The van der Waals surface area contributed by atoms with Gasteiger partial charge in [0.15, 0.2) is 0 Å². The van der Waals surface area contributed by atoms with E-state index >= 15 is 0 Å². The van der Waals surface area contributed by atoms with Crippen molar-refractivity contribution >= 4 is 5.69 Å². The third-order valence-electron chi connectivity index (χ3n) is 1.83. The van der Waals surface area contributed by atoms with E-state index in [1.165, 1.54) is 0 Å². The van der Waals surface area contributed by atoms with Crippen LogP contribution in [0.3, 0.4) is 0 Å². The van der Waals surface area contributed by atoms with Crippen molar-refractivity contribution in [2.24, 2.45) is 0 Å². The van der Waals surface area contributed by atoms with Crippen LogP contribution >= 0.6 is 0 Å². The van der Waals surface area contributed by atoms with Crippen LogP contribution in [0.5, 0.6) is 11.5 Å². The van der Waals surface area contributed by atoms with Gasteiger partial charge in [-0.25, -0.2) is 0 Å². The second-order valence-electron chi connectivity index (χ2n) is 6.13. The number of nitrogen functional groups attached to an aromatic ring is 1. The molecule has 0 saturated carbocycles. The van der Waals surface area contributed by atoms with E-state index in [9.17, 15) is 0 Å². The van der Waals surface area contributed by atoms with E-state index in [-0.39, 0.29) is 11.2 Å². The number of hydrogen-bond acceptors (Lipinski definition) is 3. The fourth-order valence-corrected chi connectivity index (χ4v) is 1.35. The molecule has 0 amide bonds. The van der Waals surface area contributed by atoms with Gasteiger partial charge >= 0.3 is 0 Å². The van der Waals surface area contributed by atoms with Crippen LogP contribution in [0.4, 0.5) is 5.69 Å². The molecule has 2 N–H and O–H groups in total. The summed E-state index contributed by atoms with van der Waals surface area (Å²) in [5, 5.41) is 0. The topological polar surface area (TPSA) is 44.5 Å². The van der Waals surface area contributed by atoms with Gasteiger partial charge in [-0.05, 0) is 53.7 Å². The summed E-state index contributed by atoms with van der Waals surface area (Å²) in [5.41, 5.74) is 6.01. The Hall–Kier alpha value is -1.38. The van der Waals surface area contributed by atoms with Crippen LogP contribution in [0.25, 0.3) is 0 Å². The Morgan fingerprint density at radius 2 is 1.41 bits per heavy atom. The summed E-state index contributed by atoms with van der Waals surface area (Å²) in [4.78, 5) is 0. The summed E-state index contributed by atoms with van der Waals surface area (Å²) in [6, 6.07) is 5.50. The average molecular weight is 237 g/mol. The van der Waals surface area contributed by atoms with E-state index in [1.54, 1.807) is 0 Å². The Morgan fingerprint density at radius 3 is 1.88 bits per heavy atom. The zero-order valence-electron chi connectivity index (χ0n) is 11.6. The first-order valence-corrected chi connectivity index (χ1v) is 5.84. The van der Waals surface area contributed by atoms with E-state index in [4.69, 9.17) is 15.2 Å². The third-order valence-corrected chi connectivity index (χ3v) is 1.83. The molecule has 1 aromatic carbocycles. The maximum atomic E-state index is 5.88. The van der Waals surface area contributed by atoms with Crippen LogP contribution in [0.1, 0.15) is 41.5 Å². The number of nitrogens with two attached hydrogens (primary N) is 1. The lowest BCUT2D eigenvalue weighted by molar-refractivity contribution is 0.122. The van der Waals surface area contributed by atoms with E-state index < -0.39 is 0 Å². The van der Waals surface area contributed by atoms with Gasteiger partial charge in [-0.3, -0.25) is 0 Å². The monoisotopic (exact) mass is 237 g/mol. The first-order valence-electron chi connectivity index (χ1n) is 5.84. The molecule has 96 valence electrons. The van der Waals surface area contributed by atoms with Crippen molar-refractivity contribution in [3.05, 3.63) is 18.2 Å². The van der Waals surface area contributed by atoms with Crippen LogP contribution in [-0.2, 0) is 0 Å². The molecule has 1 aromatic rings. The van der Waals surface area contributed by atoms with Crippen LogP contribution in [-0.4, -0.2) is 11.2 Å². The molecule has 1 rings (SSSR count). The van der Waals surface area contributed by atoms with Gasteiger partial charge in [0.1, 0.15) is 22.7 Å². The minimum atomic E-state index is -0.269. The smallest absolute Gasteiger partial charge is 0.146 e. The highest BCUT2D eigenvalue weighted by atomic mass is 16.5. The summed E-state index contributed by atoms with van der Waals surface area (Å²) in [6.45, 7) is 12.0. The van der Waals surface area contributed by atoms with Crippen molar-refractivity contribution in [3.63, 3.8) is 0 Å². The summed E-state index contributed by atoms with van der Waals surface area (Å²) >= 11 is 0. The molecule has 0 aliphatic carbocycles. The molecule has 17 heavy (non-hydrogen) atoms. The Balaban J connectivity index is 2.95. The fraction of sp³-hybridized carbons (Fsp3) is 0.571. The predicted octanol–water partition coefficient (Wildman–Crippen LogP) is 3.62. The summed E-state index contributed by atoms with van der Waals surface area (Å²) in [7, 11) is 0. The highest BCUT2D eigenvalue weighted by Crippen LogP contribution is 2.31. The Kier molecular flexibility index (Phi) is 3.60. The van der Waals surface area contributed by atoms with Crippen molar-refractivity contribution in [1.82, 2.24) is 0 Å². The molecule has 0 bridgehead atoms. The van der Waals surface area contributed by atoms with Crippen molar-refractivity contribution in [1.29, 1.82) is 0 Å². The van der Waals surface area contributed by atoms with Gasteiger partial charge in [0, 0.05) is 6.07 Å². The van der Waals surface area contributed by atoms with E-state index in [1.807, 2.05) is 59.7 Å². The number of ether oxygens (including phenoxy) is 2. The van der Waals surface area contributed by atoms with Crippen molar-refractivity contribution in [2.75, 3.05) is 5.73 Å². The molecule has 3 nitrogen and oxygen atoms in total. The lowest BCUT2D eigenvalue weighted by Gasteiger charge is -2.25.